The molecule has 2 aliphatic carbocycles. The number of furan rings is 1. The van der Waals surface area contributed by atoms with E-state index in [2.05, 4.69) is 13.0 Å². The average molecular weight is 305 g/mol. The fraction of sp³-hybridized carbons (Fsp3) is 0.706. The molecule has 0 N–H and O–H groups in total. The molecule has 0 aromatic carbocycles. The van der Waals surface area contributed by atoms with Crippen LogP contribution < -0.4 is 0 Å². The van der Waals surface area contributed by atoms with E-state index in [1.165, 1.54) is 6.42 Å². The minimum atomic E-state index is -0.452. The summed E-state index contributed by atoms with van der Waals surface area (Å²) in [6.45, 7) is 4.23. The maximum Gasteiger partial charge on any atom is 0.254 e. The second kappa shape index (κ2) is 5.70. The largest absolute Gasteiger partial charge is 0.464 e. The van der Waals surface area contributed by atoms with Gasteiger partial charge in [0.2, 0.25) is 0 Å². The second-order valence-electron chi connectivity index (χ2n) is 6.76. The molecular weight excluding hydrogens is 282 g/mol. The lowest BCUT2D eigenvalue weighted by atomic mass is 10.2. The Morgan fingerprint density at radius 2 is 2.14 bits per heavy atom. The van der Waals surface area contributed by atoms with E-state index in [4.69, 9.17) is 13.9 Å². The van der Waals surface area contributed by atoms with E-state index in [1.807, 2.05) is 11.0 Å². The molecule has 5 nitrogen and oxygen atoms in total. The van der Waals surface area contributed by atoms with Crippen LogP contribution in [0.1, 0.15) is 43.6 Å². The molecule has 3 unspecified atom stereocenters. The van der Waals surface area contributed by atoms with E-state index in [9.17, 15) is 4.79 Å². The molecular formula is C17H23NO4. The van der Waals surface area contributed by atoms with Crippen LogP contribution in [0.5, 0.6) is 0 Å². The standard InChI is InChI=1S/C17H23NO4/c1-11-8-14(11)15-5-4-13(22-15)9-18(12-2-3-12)17(19)16-10-20-6-7-21-16/h4-5,11-12,14,16H,2-3,6-10H2,1H3. The lowest BCUT2D eigenvalue weighted by Gasteiger charge is -2.29. The van der Waals surface area contributed by atoms with E-state index in [0.717, 1.165) is 30.3 Å². The summed E-state index contributed by atoms with van der Waals surface area (Å²) >= 11 is 0. The van der Waals surface area contributed by atoms with Crippen LogP contribution in [0.4, 0.5) is 0 Å². The third kappa shape index (κ3) is 2.92. The molecule has 22 heavy (non-hydrogen) atoms. The molecule has 1 aliphatic heterocycles. The Morgan fingerprint density at radius 1 is 1.32 bits per heavy atom. The Kier molecular flexibility index (Phi) is 3.70. The normalized spacial score (nSPS) is 31.0. The number of amides is 1. The van der Waals surface area contributed by atoms with Crippen LogP contribution >= 0.6 is 0 Å². The van der Waals surface area contributed by atoms with Crippen LogP contribution in [0.25, 0.3) is 0 Å². The van der Waals surface area contributed by atoms with Crippen molar-refractivity contribution < 1.29 is 18.7 Å². The van der Waals surface area contributed by atoms with Crippen LogP contribution in [0.15, 0.2) is 16.5 Å². The van der Waals surface area contributed by atoms with Gasteiger partial charge in [0.25, 0.3) is 5.91 Å². The Hall–Kier alpha value is -1.33. The van der Waals surface area contributed by atoms with Crippen LogP contribution in [0, 0.1) is 5.92 Å². The summed E-state index contributed by atoms with van der Waals surface area (Å²) in [5.41, 5.74) is 0. The Bertz CT molecular complexity index is 545. The van der Waals surface area contributed by atoms with Gasteiger partial charge >= 0.3 is 0 Å². The van der Waals surface area contributed by atoms with Crippen LogP contribution in [0.2, 0.25) is 0 Å². The average Bonchev–Trinajstić information content (AvgIpc) is 3.46. The Morgan fingerprint density at radius 3 is 2.77 bits per heavy atom. The Balaban J connectivity index is 1.43. The van der Waals surface area contributed by atoms with Crippen molar-refractivity contribution in [3.63, 3.8) is 0 Å². The van der Waals surface area contributed by atoms with Gasteiger partial charge < -0.3 is 18.8 Å². The fourth-order valence-electron chi connectivity index (χ4n) is 3.15. The molecule has 1 saturated heterocycles. The van der Waals surface area contributed by atoms with Gasteiger partial charge in [0.05, 0.1) is 26.4 Å². The number of rotatable bonds is 5. The highest BCUT2D eigenvalue weighted by atomic mass is 16.6. The van der Waals surface area contributed by atoms with E-state index in [-0.39, 0.29) is 5.91 Å². The van der Waals surface area contributed by atoms with E-state index >= 15 is 0 Å². The Labute approximate surface area is 130 Å². The zero-order valence-electron chi connectivity index (χ0n) is 13.0. The molecule has 2 heterocycles. The number of hydrogen-bond acceptors (Lipinski definition) is 4. The number of ether oxygens (including phenoxy) is 2. The minimum absolute atomic E-state index is 0.0416. The van der Waals surface area contributed by atoms with Gasteiger partial charge in [0.15, 0.2) is 6.10 Å². The van der Waals surface area contributed by atoms with E-state index < -0.39 is 6.10 Å². The highest BCUT2D eigenvalue weighted by molar-refractivity contribution is 5.81. The quantitative estimate of drug-likeness (QED) is 0.837. The molecule has 4 rings (SSSR count). The summed E-state index contributed by atoms with van der Waals surface area (Å²) in [6.07, 6.45) is 2.91. The number of hydrogen-bond donors (Lipinski definition) is 0. The summed E-state index contributed by atoms with van der Waals surface area (Å²) in [6, 6.07) is 4.42. The summed E-state index contributed by atoms with van der Waals surface area (Å²) in [7, 11) is 0. The van der Waals surface area contributed by atoms with Gasteiger partial charge in [-0.05, 0) is 37.3 Å². The summed E-state index contributed by atoms with van der Waals surface area (Å²) < 4.78 is 16.9. The zero-order valence-corrected chi connectivity index (χ0v) is 13.0. The van der Waals surface area contributed by atoms with Crippen molar-refractivity contribution in [2.75, 3.05) is 19.8 Å². The highest BCUT2D eigenvalue weighted by Crippen LogP contribution is 2.47. The van der Waals surface area contributed by atoms with Gasteiger partial charge in [-0.3, -0.25) is 4.79 Å². The smallest absolute Gasteiger partial charge is 0.254 e. The lowest BCUT2D eigenvalue weighted by Crippen LogP contribution is -2.45. The highest BCUT2D eigenvalue weighted by Gasteiger charge is 2.39. The third-order valence-electron chi connectivity index (χ3n) is 4.85. The van der Waals surface area contributed by atoms with Crippen molar-refractivity contribution >= 4 is 5.91 Å². The first-order chi connectivity index (χ1) is 10.7. The molecule has 0 bridgehead atoms. The molecule has 2 saturated carbocycles. The van der Waals surface area contributed by atoms with Crippen LogP contribution in [-0.2, 0) is 20.8 Å². The second-order valence-corrected chi connectivity index (χ2v) is 6.76. The first-order valence-electron chi connectivity index (χ1n) is 8.31. The summed E-state index contributed by atoms with van der Waals surface area (Å²) in [4.78, 5) is 14.6. The zero-order chi connectivity index (χ0) is 15.1. The molecule has 1 aromatic rings. The molecule has 3 aliphatic rings. The van der Waals surface area contributed by atoms with Crippen molar-refractivity contribution in [1.82, 2.24) is 4.90 Å². The van der Waals surface area contributed by atoms with E-state index in [0.29, 0.717) is 38.3 Å². The number of carbonyl (C=O) groups excluding carboxylic acids is 1. The van der Waals surface area contributed by atoms with Crippen molar-refractivity contribution in [1.29, 1.82) is 0 Å². The van der Waals surface area contributed by atoms with Gasteiger partial charge in [-0.25, -0.2) is 0 Å². The first-order valence-corrected chi connectivity index (χ1v) is 8.31. The van der Waals surface area contributed by atoms with Gasteiger partial charge in [0.1, 0.15) is 11.5 Å². The monoisotopic (exact) mass is 305 g/mol. The SMILES string of the molecule is CC1CC1c1ccc(CN(C(=O)C2COCCO2)C2CC2)o1. The maximum atomic E-state index is 12.7. The molecule has 3 fully saturated rings. The predicted molar refractivity (Wildman–Crippen MR) is 79.4 cm³/mol. The topological polar surface area (TPSA) is 51.9 Å². The van der Waals surface area contributed by atoms with Gasteiger partial charge in [-0.1, -0.05) is 6.92 Å². The van der Waals surface area contributed by atoms with Gasteiger partial charge in [0, 0.05) is 12.0 Å². The van der Waals surface area contributed by atoms with Crippen molar-refractivity contribution in [2.45, 2.75) is 50.8 Å². The van der Waals surface area contributed by atoms with Crippen molar-refractivity contribution in [3.05, 3.63) is 23.7 Å². The number of nitrogens with zero attached hydrogens (tertiary/aromatic N) is 1. The van der Waals surface area contributed by atoms with Crippen molar-refractivity contribution in [2.24, 2.45) is 5.92 Å². The molecule has 3 atom stereocenters. The summed E-state index contributed by atoms with van der Waals surface area (Å²) in [5.74, 6) is 3.30. The minimum Gasteiger partial charge on any atom is -0.464 e. The molecule has 5 heteroatoms. The first kappa shape index (κ1) is 14.3. The van der Waals surface area contributed by atoms with E-state index in [1.54, 1.807) is 0 Å². The fourth-order valence-corrected chi connectivity index (χ4v) is 3.15. The van der Waals surface area contributed by atoms with Gasteiger partial charge in [-0.15, -0.1) is 0 Å². The molecule has 1 amide bonds. The molecule has 120 valence electrons. The lowest BCUT2D eigenvalue weighted by molar-refractivity contribution is -0.159. The molecule has 1 aromatic heterocycles. The predicted octanol–water partition coefficient (Wildman–Crippen LogP) is 2.31. The maximum absolute atomic E-state index is 12.7. The third-order valence-corrected chi connectivity index (χ3v) is 4.85. The summed E-state index contributed by atoms with van der Waals surface area (Å²) in [5, 5.41) is 0. The number of carbonyl (C=O) groups is 1. The van der Waals surface area contributed by atoms with Gasteiger partial charge in [-0.2, -0.15) is 0 Å². The van der Waals surface area contributed by atoms with Crippen LogP contribution in [0.3, 0.4) is 0 Å². The van der Waals surface area contributed by atoms with Crippen molar-refractivity contribution in [3.8, 4) is 0 Å². The van der Waals surface area contributed by atoms with Crippen LogP contribution in [-0.4, -0.2) is 42.8 Å². The molecule has 0 spiro atoms. The molecule has 0 radical (unpaired) electrons.